The van der Waals surface area contributed by atoms with Crippen LogP contribution in [0.25, 0.3) is 10.8 Å². The molecule has 0 aromatic heterocycles. The van der Waals surface area contributed by atoms with E-state index in [1.807, 2.05) is 42.5 Å². The Morgan fingerprint density at radius 3 is 2.58 bits per heavy atom. The number of carbonyl (C=O) groups is 2. The van der Waals surface area contributed by atoms with Gasteiger partial charge in [-0.15, -0.1) is 0 Å². The Labute approximate surface area is 142 Å². The number of benzene rings is 2. The number of nitrogens with one attached hydrogen (secondary N) is 1. The predicted molar refractivity (Wildman–Crippen MR) is 92.3 cm³/mol. The summed E-state index contributed by atoms with van der Waals surface area (Å²) in [6, 6.07) is 12.6. The monoisotopic (exact) mass is 328 g/mol. The molecule has 2 aromatic rings. The van der Waals surface area contributed by atoms with Gasteiger partial charge in [0.25, 0.3) is 0 Å². The summed E-state index contributed by atoms with van der Waals surface area (Å²) in [7, 11) is 0. The van der Waals surface area contributed by atoms with Gasteiger partial charge < -0.3 is 20.5 Å². The highest BCUT2D eigenvalue weighted by Gasteiger charge is 2.18. The molecule has 0 aliphatic rings. The van der Waals surface area contributed by atoms with Crippen molar-refractivity contribution in [2.75, 3.05) is 11.9 Å². The number of carbonyl (C=O) groups excluding carboxylic acids is 2. The number of fused-ring (bicyclic) bond motifs is 1. The fourth-order valence-electron chi connectivity index (χ4n) is 2.66. The molecule has 1 atom stereocenters. The van der Waals surface area contributed by atoms with Gasteiger partial charge in [0.05, 0.1) is 18.9 Å². The number of anilines is 1. The van der Waals surface area contributed by atoms with Crippen LogP contribution in [0.5, 0.6) is 0 Å². The summed E-state index contributed by atoms with van der Waals surface area (Å²) >= 11 is 0. The lowest BCUT2D eigenvalue weighted by atomic mass is 10.1. The van der Waals surface area contributed by atoms with Crippen molar-refractivity contribution in [2.45, 2.75) is 38.6 Å². The van der Waals surface area contributed by atoms with E-state index >= 15 is 0 Å². The summed E-state index contributed by atoms with van der Waals surface area (Å²) in [4.78, 5) is 23.3. The van der Waals surface area contributed by atoms with E-state index in [2.05, 4.69) is 12.2 Å². The number of hydrogen-bond donors (Lipinski definition) is 2. The highest BCUT2D eigenvalue weighted by atomic mass is 16.4. The molecule has 5 heteroatoms. The molecule has 2 aromatic carbocycles. The van der Waals surface area contributed by atoms with E-state index in [9.17, 15) is 14.7 Å². The third kappa shape index (κ3) is 5.35. The van der Waals surface area contributed by atoms with E-state index in [1.54, 1.807) is 5.32 Å². The Morgan fingerprint density at radius 2 is 1.88 bits per heavy atom. The van der Waals surface area contributed by atoms with Gasteiger partial charge in [-0.1, -0.05) is 43.7 Å². The second-order valence-electron chi connectivity index (χ2n) is 5.97. The maximum absolute atomic E-state index is 12.1. The molecule has 0 aliphatic heterocycles. The topological polar surface area (TPSA) is 85.8 Å². The van der Waals surface area contributed by atoms with Crippen LogP contribution < -0.4 is 15.7 Å². The number of nitrogens with two attached hydrogens (primary N) is 1. The van der Waals surface area contributed by atoms with Crippen LogP contribution in [0.4, 0.5) is 5.69 Å². The highest BCUT2D eigenvalue weighted by molar-refractivity contribution is 5.96. The second-order valence-corrected chi connectivity index (χ2v) is 5.97. The average molecular weight is 328 g/mol. The van der Waals surface area contributed by atoms with Crippen molar-refractivity contribution in [3.63, 3.8) is 0 Å². The zero-order valence-electron chi connectivity index (χ0n) is 14.0. The Bertz CT molecular complexity index is 700. The Morgan fingerprint density at radius 1 is 1.12 bits per heavy atom. The van der Waals surface area contributed by atoms with Crippen molar-refractivity contribution in [2.24, 2.45) is 0 Å². The smallest absolute Gasteiger partial charge is 0.230 e. The maximum Gasteiger partial charge on any atom is 0.230 e. The Balaban J connectivity index is 1.92. The second kappa shape index (κ2) is 9.03. The zero-order chi connectivity index (χ0) is 17.4. The number of hydrogen-bond acceptors (Lipinski definition) is 3. The zero-order valence-corrected chi connectivity index (χ0v) is 14.0. The van der Waals surface area contributed by atoms with Crippen molar-refractivity contribution in [1.29, 1.82) is 0 Å². The standard InChI is InChI=1S/C19H24N2O3/c1-2-3-6-11-20-17(19(23)24)13-18(22)21-16-10-9-14-7-4-5-8-15(14)12-16/h4-5,7-10,12,17,20H,2-3,6,11,13H2,1H3,(H,21,22)(H,23,24)/t17-/m1/s1. The molecule has 0 spiro atoms. The Hall–Kier alpha value is -2.40. The van der Waals surface area contributed by atoms with Gasteiger partial charge in [-0.05, 0) is 35.7 Å². The maximum atomic E-state index is 12.1. The molecule has 24 heavy (non-hydrogen) atoms. The third-order valence-electron chi connectivity index (χ3n) is 4.00. The van der Waals surface area contributed by atoms with Gasteiger partial charge in [-0.2, -0.15) is 0 Å². The first-order chi connectivity index (χ1) is 11.6. The van der Waals surface area contributed by atoms with Crippen LogP contribution in [-0.4, -0.2) is 24.5 Å². The average Bonchev–Trinajstić information content (AvgIpc) is 2.57. The van der Waals surface area contributed by atoms with E-state index in [4.69, 9.17) is 0 Å². The summed E-state index contributed by atoms with van der Waals surface area (Å²) in [5, 5.41) is 17.8. The predicted octanol–water partition coefficient (Wildman–Crippen LogP) is 1.04. The number of amides is 1. The summed E-state index contributed by atoms with van der Waals surface area (Å²) < 4.78 is 0. The summed E-state index contributed by atoms with van der Waals surface area (Å²) in [6.45, 7) is 2.78. The van der Waals surface area contributed by atoms with E-state index < -0.39 is 12.0 Å². The minimum atomic E-state index is -1.19. The number of carboxylic acid groups (broad SMARTS) is 1. The first kappa shape index (κ1) is 17.9. The molecule has 0 bridgehead atoms. The molecule has 0 fully saturated rings. The van der Waals surface area contributed by atoms with Gasteiger partial charge in [0.15, 0.2) is 0 Å². The molecule has 1 amide bonds. The molecule has 0 aliphatic carbocycles. The van der Waals surface area contributed by atoms with Gasteiger partial charge in [0.1, 0.15) is 6.04 Å². The molecule has 0 unspecified atom stereocenters. The van der Waals surface area contributed by atoms with Crippen molar-refractivity contribution in [3.8, 4) is 0 Å². The highest BCUT2D eigenvalue weighted by Crippen LogP contribution is 2.18. The normalized spacial score (nSPS) is 12.0. The van der Waals surface area contributed by atoms with Crippen LogP contribution in [0.2, 0.25) is 0 Å². The minimum absolute atomic E-state index is 0.0959. The molecule has 0 heterocycles. The molecular weight excluding hydrogens is 304 g/mol. The Kier molecular flexibility index (Phi) is 6.75. The molecule has 0 saturated heterocycles. The number of unbranched alkanes of at least 4 members (excludes halogenated alkanes) is 2. The molecular formula is C19H24N2O3. The first-order valence-corrected chi connectivity index (χ1v) is 8.43. The summed E-state index contributed by atoms with van der Waals surface area (Å²) in [5.74, 6) is -1.51. The lowest BCUT2D eigenvalue weighted by Gasteiger charge is -2.16. The fourth-order valence-corrected chi connectivity index (χ4v) is 2.66. The quantitative estimate of drug-likeness (QED) is 0.675. The van der Waals surface area contributed by atoms with Gasteiger partial charge in [-0.25, -0.2) is 0 Å². The number of quaternary nitrogens is 1. The van der Waals surface area contributed by atoms with Crippen LogP contribution >= 0.6 is 0 Å². The SMILES string of the molecule is CCCCC[NH2+][C@H](CC(=O)Nc1ccc2ccccc2c1)C(=O)[O-]. The molecule has 3 N–H and O–H groups in total. The van der Waals surface area contributed by atoms with Gasteiger partial charge in [0.2, 0.25) is 5.91 Å². The number of aliphatic carboxylic acids is 1. The molecule has 0 radical (unpaired) electrons. The fraction of sp³-hybridized carbons (Fsp3) is 0.368. The third-order valence-corrected chi connectivity index (χ3v) is 4.00. The van der Waals surface area contributed by atoms with Gasteiger partial charge in [-0.3, -0.25) is 4.79 Å². The van der Waals surface area contributed by atoms with Crippen molar-refractivity contribution < 1.29 is 20.0 Å². The van der Waals surface area contributed by atoms with Gasteiger partial charge >= 0.3 is 0 Å². The number of rotatable bonds is 9. The summed E-state index contributed by atoms with van der Waals surface area (Å²) in [5.41, 5.74) is 0.668. The molecule has 128 valence electrons. The van der Waals surface area contributed by atoms with Crippen LogP contribution in [0.1, 0.15) is 32.6 Å². The molecule has 0 saturated carbocycles. The van der Waals surface area contributed by atoms with Crippen molar-refractivity contribution >= 4 is 28.3 Å². The van der Waals surface area contributed by atoms with E-state index in [0.717, 1.165) is 30.0 Å². The van der Waals surface area contributed by atoms with Crippen molar-refractivity contribution in [3.05, 3.63) is 42.5 Å². The lowest BCUT2D eigenvalue weighted by molar-refractivity contribution is -0.682. The van der Waals surface area contributed by atoms with Gasteiger partial charge in [0, 0.05) is 5.69 Å². The minimum Gasteiger partial charge on any atom is -0.544 e. The van der Waals surface area contributed by atoms with Crippen molar-refractivity contribution in [1.82, 2.24) is 0 Å². The largest absolute Gasteiger partial charge is 0.544 e. The molecule has 5 nitrogen and oxygen atoms in total. The van der Waals surface area contributed by atoms with Crippen LogP contribution in [0.3, 0.4) is 0 Å². The van der Waals surface area contributed by atoms with E-state index in [0.29, 0.717) is 12.2 Å². The number of carboxylic acids is 1. The van der Waals surface area contributed by atoms with Crippen LogP contribution in [0.15, 0.2) is 42.5 Å². The van der Waals surface area contributed by atoms with E-state index in [-0.39, 0.29) is 12.3 Å². The van der Waals surface area contributed by atoms with Crippen LogP contribution in [-0.2, 0) is 9.59 Å². The molecule has 2 rings (SSSR count). The van der Waals surface area contributed by atoms with Crippen LogP contribution in [0, 0.1) is 0 Å². The van der Waals surface area contributed by atoms with E-state index in [1.165, 1.54) is 0 Å². The summed E-state index contributed by atoms with van der Waals surface area (Å²) in [6.07, 6.45) is 2.97. The first-order valence-electron chi connectivity index (χ1n) is 8.43. The lowest BCUT2D eigenvalue weighted by Crippen LogP contribution is -2.93.